The highest BCUT2D eigenvalue weighted by atomic mass is 16.2. The summed E-state index contributed by atoms with van der Waals surface area (Å²) in [5.41, 5.74) is 0. The number of nitrogens with zero attached hydrogens (tertiary/aromatic N) is 1. The van der Waals surface area contributed by atoms with Crippen molar-refractivity contribution in [3.63, 3.8) is 0 Å². The maximum absolute atomic E-state index is 11.7. The van der Waals surface area contributed by atoms with Gasteiger partial charge in [-0.3, -0.25) is 4.79 Å². The van der Waals surface area contributed by atoms with Gasteiger partial charge in [-0.25, -0.2) is 0 Å². The molecule has 0 aliphatic carbocycles. The molecule has 2 heteroatoms. The van der Waals surface area contributed by atoms with Gasteiger partial charge >= 0.3 is 0 Å². The van der Waals surface area contributed by atoms with Gasteiger partial charge in [-0.05, 0) is 19.8 Å². The average molecular weight is 213 g/mol. The van der Waals surface area contributed by atoms with Crippen molar-refractivity contribution in [2.75, 3.05) is 13.1 Å². The maximum Gasteiger partial charge on any atom is 0.222 e. The van der Waals surface area contributed by atoms with Gasteiger partial charge in [-0.2, -0.15) is 0 Å². The summed E-state index contributed by atoms with van der Waals surface area (Å²) in [6.07, 6.45) is 7.85. The smallest absolute Gasteiger partial charge is 0.222 e. The van der Waals surface area contributed by atoms with Crippen LogP contribution in [0, 0.1) is 0 Å². The van der Waals surface area contributed by atoms with E-state index >= 15 is 0 Å². The first-order valence-electron chi connectivity index (χ1n) is 6.54. The second-order valence-corrected chi connectivity index (χ2v) is 4.14. The second-order valence-electron chi connectivity index (χ2n) is 4.14. The molecule has 0 N–H and O–H groups in total. The molecule has 0 saturated carbocycles. The van der Waals surface area contributed by atoms with E-state index in [9.17, 15) is 4.79 Å². The van der Waals surface area contributed by atoms with Crippen LogP contribution < -0.4 is 0 Å². The van der Waals surface area contributed by atoms with E-state index in [1.54, 1.807) is 0 Å². The largest absolute Gasteiger partial charge is 0.343 e. The van der Waals surface area contributed by atoms with Crippen LogP contribution in [0.15, 0.2) is 0 Å². The highest BCUT2D eigenvalue weighted by Gasteiger charge is 2.09. The monoisotopic (exact) mass is 213 g/mol. The summed E-state index contributed by atoms with van der Waals surface area (Å²) in [6.45, 7) is 8.24. The van der Waals surface area contributed by atoms with Crippen LogP contribution in [0.25, 0.3) is 0 Å². The van der Waals surface area contributed by atoms with Crippen LogP contribution in [-0.2, 0) is 4.79 Å². The van der Waals surface area contributed by atoms with Crippen molar-refractivity contribution in [1.82, 2.24) is 4.90 Å². The van der Waals surface area contributed by atoms with E-state index in [2.05, 4.69) is 20.8 Å². The Balaban J connectivity index is 3.65. The van der Waals surface area contributed by atoms with Crippen molar-refractivity contribution in [3.05, 3.63) is 0 Å². The predicted octanol–water partition coefficient (Wildman–Crippen LogP) is 3.61. The van der Waals surface area contributed by atoms with E-state index in [-0.39, 0.29) is 0 Å². The lowest BCUT2D eigenvalue weighted by molar-refractivity contribution is -0.131. The van der Waals surface area contributed by atoms with E-state index in [0.717, 1.165) is 32.4 Å². The number of hydrogen-bond acceptors (Lipinski definition) is 1. The molecule has 0 aliphatic heterocycles. The molecule has 15 heavy (non-hydrogen) atoms. The Labute approximate surface area is 95.0 Å². The molecule has 0 heterocycles. The molecule has 2 nitrogen and oxygen atoms in total. The summed E-state index contributed by atoms with van der Waals surface area (Å²) in [6, 6.07) is 0. The van der Waals surface area contributed by atoms with E-state index in [4.69, 9.17) is 0 Å². The molecule has 0 aromatic heterocycles. The van der Waals surface area contributed by atoms with Gasteiger partial charge in [0.15, 0.2) is 0 Å². The van der Waals surface area contributed by atoms with Crippen molar-refractivity contribution >= 4 is 5.91 Å². The zero-order chi connectivity index (χ0) is 11.5. The van der Waals surface area contributed by atoms with E-state index in [0.29, 0.717) is 5.91 Å². The predicted molar refractivity (Wildman–Crippen MR) is 65.9 cm³/mol. The van der Waals surface area contributed by atoms with Crippen molar-refractivity contribution in [2.45, 2.75) is 65.7 Å². The third-order valence-electron chi connectivity index (χ3n) is 2.76. The van der Waals surface area contributed by atoms with Gasteiger partial charge in [0.05, 0.1) is 0 Å². The van der Waals surface area contributed by atoms with Gasteiger partial charge in [-0.15, -0.1) is 0 Å². The molecular weight excluding hydrogens is 186 g/mol. The molecule has 0 fully saturated rings. The first kappa shape index (κ1) is 14.5. The first-order chi connectivity index (χ1) is 7.26. The molecule has 0 unspecified atom stereocenters. The Morgan fingerprint density at radius 1 is 0.933 bits per heavy atom. The summed E-state index contributed by atoms with van der Waals surface area (Å²) in [7, 11) is 0. The number of unbranched alkanes of at least 4 members (excludes halogenated alkanes) is 4. The quantitative estimate of drug-likeness (QED) is 0.536. The summed E-state index contributed by atoms with van der Waals surface area (Å²) >= 11 is 0. The average Bonchev–Trinajstić information content (AvgIpc) is 2.26. The molecule has 0 aromatic rings. The minimum absolute atomic E-state index is 0.343. The normalized spacial score (nSPS) is 10.3. The fourth-order valence-electron chi connectivity index (χ4n) is 1.67. The topological polar surface area (TPSA) is 20.3 Å². The lowest BCUT2D eigenvalue weighted by atomic mass is 10.2. The fraction of sp³-hybridized carbons (Fsp3) is 0.923. The van der Waals surface area contributed by atoms with Crippen LogP contribution in [0.2, 0.25) is 0 Å². The van der Waals surface area contributed by atoms with Crippen molar-refractivity contribution in [1.29, 1.82) is 0 Å². The van der Waals surface area contributed by atoms with Crippen molar-refractivity contribution in [3.8, 4) is 0 Å². The number of rotatable bonds is 9. The van der Waals surface area contributed by atoms with E-state index < -0.39 is 0 Å². The van der Waals surface area contributed by atoms with Crippen LogP contribution in [-0.4, -0.2) is 23.9 Å². The number of carbonyl (C=O) groups is 1. The van der Waals surface area contributed by atoms with Crippen molar-refractivity contribution in [2.24, 2.45) is 0 Å². The highest BCUT2D eigenvalue weighted by molar-refractivity contribution is 5.76. The minimum atomic E-state index is 0.343. The Bertz CT molecular complexity index is 157. The molecule has 1 amide bonds. The molecule has 90 valence electrons. The van der Waals surface area contributed by atoms with Crippen LogP contribution >= 0.6 is 0 Å². The Hall–Kier alpha value is -0.530. The third-order valence-corrected chi connectivity index (χ3v) is 2.76. The molecule has 0 rings (SSSR count). The molecule has 0 saturated heterocycles. The van der Waals surface area contributed by atoms with Gasteiger partial charge in [0.1, 0.15) is 0 Å². The summed E-state index contributed by atoms with van der Waals surface area (Å²) < 4.78 is 0. The molecule has 0 spiro atoms. The highest BCUT2D eigenvalue weighted by Crippen LogP contribution is 2.05. The van der Waals surface area contributed by atoms with Crippen LogP contribution in [0.3, 0.4) is 0 Å². The third kappa shape index (κ3) is 7.40. The van der Waals surface area contributed by atoms with Gasteiger partial charge < -0.3 is 4.90 Å². The molecule has 0 radical (unpaired) electrons. The van der Waals surface area contributed by atoms with Crippen LogP contribution in [0.1, 0.15) is 65.7 Å². The molecular formula is C13H27NO. The Kier molecular flexibility index (Phi) is 9.65. The van der Waals surface area contributed by atoms with Gasteiger partial charge in [-0.1, -0.05) is 39.5 Å². The van der Waals surface area contributed by atoms with Gasteiger partial charge in [0.2, 0.25) is 5.91 Å². The van der Waals surface area contributed by atoms with Gasteiger partial charge in [0.25, 0.3) is 0 Å². The van der Waals surface area contributed by atoms with Crippen molar-refractivity contribution < 1.29 is 4.79 Å². The zero-order valence-corrected chi connectivity index (χ0v) is 10.7. The fourth-order valence-corrected chi connectivity index (χ4v) is 1.67. The van der Waals surface area contributed by atoms with Gasteiger partial charge in [0, 0.05) is 19.5 Å². The summed E-state index contributed by atoms with van der Waals surface area (Å²) in [4.78, 5) is 13.7. The minimum Gasteiger partial charge on any atom is -0.343 e. The molecule has 0 bridgehead atoms. The number of hydrogen-bond donors (Lipinski definition) is 0. The SMILES string of the molecule is CCCCCCN(CC)C(=O)CCCC. The van der Waals surface area contributed by atoms with Crippen LogP contribution in [0.5, 0.6) is 0 Å². The first-order valence-corrected chi connectivity index (χ1v) is 6.54. The number of carbonyl (C=O) groups excluding carboxylic acids is 1. The second kappa shape index (κ2) is 10.0. The van der Waals surface area contributed by atoms with E-state index in [1.807, 2.05) is 4.90 Å². The zero-order valence-electron chi connectivity index (χ0n) is 10.7. The Morgan fingerprint density at radius 2 is 1.60 bits per heavy atom. The van der Waals surface area contributed by atoms with E-state index in [1.165, 1.54) is 25.7 Å². The maximum atomic E-state index is 11.7. The lowest BCUT2D eigenvalue weighted by Crippen LogP contribution is -2.31. The van der Waals surface area contributed by atoms with Crippen LogP contribution in [0.4, 0.5) is 0 Å². The molecule has 0 atom stereocenters. The molecule has 0 aliphatic rings. The summed E-state index contributed by atoms with van der Waals surface area (Å²) in [5, 5.41) is 0. The Morgan fingerprint density at radius 3 is 2.13 bits per heavy atom. The lowest BCUT2D eigenvalue weighted by Gasteiger charge is -2.20. The summed E-state index contributed by atoms with van der Waals surface area (Å²) in [5.74, 6) is 0.343. The number of amides is 1. The standard InChI is InChI=1S/C13H27NO/c1-4-7-9-10-12-14(6-3)13(15)11-8-5-2/h4-12H2,1-3H3. The molecule has 0 aromatic carbocycles.